The third-order valence-electron chi connectivity index (χ3n) is 3.39. The largest absolute Gasteiger partial charge is 0.455 e. The molecule has 0 radical (unpaired) electrons. The van der Waals surface area contributed by atoms with E-state index in [1.54, 1.807) is 18.3 Å². The summed E-state index contributed by atoms with van der Waals surface area (Å²) in [4.78, 5) is 17.3. The molecule has 1 aromatic carbocycles. The van der Waals surface area contributed by atoms with Gasteiger partial charge in [-0.05, 0) is 23.6 Å². The van der Waals surface area contributed by atoms with E-state index in [0.717, 1.165) is 16.0 Å². The van der Waals surface area contributed by atoms with E-state index >= 15 is 0 Å². The maximum Gasteiger partial charge on any atom is 0.364 e. The van der Waals surface area contributed by atoms with Crippen LogP contribution >= 0.6 is 11.3 Å². The normalized spacial score (nSPS) is 20.0. The number of hydrogen-bond donors (Lipinski definition) is 0. The monoisotopic (exact) mass is 309 g/mol. The fraction of sp³-hybridized carbons (Fsp3) is 0.0588. The van der Waals surface area contributed by atoms with Crippen LogP contribution in [0.1, 0.15) is 17.4 Å². The van der Waals surface area contributed by atoms with E-state index in [1.807, 2.05) is 47.9 Å². The third kappa shape index (κ3) is 2.07. The van der Waals surface area contributed by atoms with Crippen LogP contribution in [0.3, 0.4) is 0 Å². The molecular formula is C17H11NO3S. The van der Waals surface area contributed by atoms with E-state index in [-0.39, 0.29) is 0 Å². The van der Waals surface area contributed by atoms with Gasteiger partial charge in [-0.25, -0.2) is 9.79 Å². The van der Waals surface area contributed by atoms with E-state index in [9.17, 15) is 4.79 Å². The van der Waals surface area contributed by atoms with Gasteiger partial charge in [0.05, 0.1) is 4.88 Å². The lowest BCUT2D eigenvalue weighted by molar-refractivity contribution is -0.130. The number of cyclic esters (lactones) is 1. The van der Waals surface area contributed by atoms with Crippen LogP contribution in [0.2, 0.25) is 0 Å². The molecule has 4 nitrogen and oxygen atoms in total. The lowest BCUT2D eigenvalue weighted by Crippen LogP contribution is -2.07. The second kappa shape index (κ2) is 4.96. The molecule has 0 aliphatic carbocycles. The molecule has 0 unspecified atom stereocenters. The number of benzene rings is 1. The number of nitrogens with zero attached hydrogens (tertiary/aromatic N) is 1. The van der Waals surface area contributed by atoms with Gasteiger partial charge in [-0.3, -0.25) is 0 Å². The molecule has 0 bridgehead atoms. The highest BCUT2D eigenvalue weighted by Gasteiger charge is 2.28. The Hall–Kier alpha value is -2.66. The van der Waals surface area contributed by atoms with E-state index in [2.05, 4.69) is 4.99 Å². The predicted octanol–water partition coefficient (Wildman–Crippen LogP) is 3.87. The molecular weight excluding hydrogens is 298 g/mol. The molecule has 3 heterocycles. The van der Waals surface area contributed by atoms with Crippen LogP contribution in [-0.4, -0.2) is 11.9 Å². The topological polar surface area (TPSA) is 47.9 Å². The Balaban J connectivity index is 1.95. The SMILES string of the molecule is CC1=N/C(=C2/C=C(c3cccs3)Oc3ccccc32)C(=O)O1. The van der Waals surface area contributed by atoms with Crippen molar-refractivity contribution in [3.8, 4) is 5.75 Å². The number of aliphatic imine (C=N–C) groups is 1. The van der Waals surface area contributed by atoms with Gasteiger partial charge in [-0.1, -0.05) is 24.3 Å². The van der Waals surface area contributed by atoms with Crippen molar-refractivity contribution in [3.63, 3.8) is 0 Å². The number of allylic oxidation sites excluding steroid dienone is 2. The molecule has 1 aromatic heterocycles. The summed E-state index contributed by atoms with van der Waals surface area (Å²) in [6.45, 7) is 1.67. The lowest BCUT2D eigenvalue weighted by Gasteiger charge is -2.19. The summed E-state index contributed by atoms with van der Waals surface area (Å²) < 4.78 is 11.0. The van der Waals surface area contributed by atoms with Gasteiger partial charge in [-0.15, -0.1) is 11.3 Å². The maximum atomic E-state index is 12.0. The molecule has 0 N–H and O–H groups in total. The Labute approximate surface area is 131 Å². The number of carbonyl (C=O) groups is 1. The predicted molar refractivity (Wildman–Crippen MR) is 85.5 cm³/mol. The van der Waals surface area contributed by atoms with Crippen molar-refractivity contribution < 1.29 is 14.3 Å². The fourth-order valence-corrected chi connectivity index (χ4v) is 3.13. The molecule has 4 rings (SSSR count). The van der Waals surface area contributed by atoms with Crippen LogP contribution < -0.4 is 4.74 Å². The number of hydrogen-bond acceptors (Lipinski definition) is 5. The summed E-state index contributed by atoms with van der Waals surface area (Å²) >= 11 is 1.58. The van der Waals surface area contributed by atoms with Crippen molar-refractivity contribution in [2.24, 2.45) is 4.99 Å². The Kier molecular flexibility index (Phi) is 2.94. The van der Waals surface area contributed by atoms with Gasteiger partial charge in [0.1, 0.15) is 11.5 Å². The van der Waals surface area contributed by atoms with Crippen molar-refractivity contribution in [2.45, 2.75) is 6.92 Å². The second-order valence-electron chi connectivity index (χ2n) is 4.87. The van der Waals surface area contributed by atoms with Crippen molar-refractivity contribution in [1.29, 1.82) is 0 Å². The summed E-state index contributed by atoms with van der Waals surface area (Å²) in [5.74, 6) is 1.36. The number of esters is 1. The van der Waals surface area contributed by atoms with Crippen LogP contribution in [-0.2, 0) is 9.53 Å². The highest BCUT2D eigenvalue weighted by molar-refractivity contribution is 7.11. The quantitative estimate of drug-likeness (QED) is 0.593. The van der Waals surface area contributed by atoms with Gasteiger partial charge in [0.25, 0.3) is 0 Å². The summed E-state index contributed by atoms with van der Waals surface area (Å²) in [7, 11) is 0. The summed E-state index contributed by atoms with van der Waals surface area (Å²) in [5.41, 5.74) is 1.89. The average molecular weight is 309 g/mol. The average Bonchev–Trinajstić information content (AvgIpc) is 3.16. The summed E-state index contributed by atoms with van der Waals surface area (Å²) in [5, 5.41) is 1.99. The summed E-state index contributed by atoms with van der Waals surface area (Å²) in [6, 6.07) is 11.5. The number of rotatable bonds is 1. The first-order valence-corrected chi connectivity index (χ1v) is 7.65. The molecule has 22 heavy (non-hydrogen) atoms. The molecule has 2 aliphatic rings. The Morgan fingerprint density at radius 3 is 2.68 bits per heavy atom. The lowest BCUT2D eigenvalue weighted by atomic mass is 9.99. The Bertz CT molecular complexity index is 860. The van der Waals surface area contributed by atoms with Crippen LogP contribution in [0, 0.1) is 0 Å². The van der Waals surface area contributed by atoms with Crippen molar-refractivity contribution in [1.82, 2.24) is 0 Å². The smallest absolute Gasteiger partial charge is 0.364 e. The highest BCUT2D eigenvalue weighted by Crippen LogP contribution is 2.40. The standard InChI is InChI=1S/C17H11NO3S/c1-10-18-16(17(19)20-10)12-9-14(15-7-4-8-22-15)21-13-6-3-2-5-11(12)13/h2-9H,1H3/b16-12-. The fourth-order valence-electron chi connectivity index (χ4n) is 2.45. The van der Waals surface area contributed by atoms with Gasteiger partial charge in [0, 0.05) is 18.1 Å². The van der Waals surface area contributed by atoms with E-state index in [4.69, 9.17) is 9.47 Å². The van der Waals surface area contributed by atoms with Crippen molar-refractivity contribution in [2.75, 3.05) is 0 Å². The van der Waals surface area contributed by atoms with E-state index < -0.39 is 5.97 Å². The van der Waals surface area contributed by atoms with Crippen LogP contribution in [0.5, 0.6) is 5.75 Å². The zero-order chi connectivity index (χ0) is 15.1. The molecule has 2 aromatic rings. The molecule has 2 aliphatic heterocycles. The van der Waals surface area contributed by atoms with Crippen molar-refractivity contribution >= 4 is 34.5 Å². The van der Waals surface area contributed by atoms with E-state index in [0.29, 0.717) is 23.1 Å². The van der Waals surface area contributed by atoms with Crippen LogP contribution in [0.15, 0.2) is 58.5 Å². The number of para-hydroxylation sites is 1. The van der Waals surface area contributed by atoms with Gasteiger partial charge in [-0.2, -0.15) is 0 Å². The first-order valence-electron chi connectivity index (χ1n) is 6.77. The van der Waals surface area contributed by atoms with Crippen LogP contribution in [0.25, 0.3) is 11.3 Å². The molecule has 0 atom stereocenters. The van der Waals surface area contributed by atoms with Crippen molar-refractivity contribution in [3.05, 3.63) is 64.0 Å². The second-order valence-corrected chi connectivity index (χ2v) is 5.81. The van der Waals surface area contributed by atoms with Gasteiger partial charge in [0.15, 0.2) is 11.6 Å². The molecule has 0 fully saturated rings. The number of thiophene rings is 1. The number of carbonyl (C=O) groups excluding carboxylic acids is 1. The minimum Gasteiger partial charge on any atom is -0.455 e. The Morgan fingerprint density at radius 2 is 1.95 bits per heavy atom. The Morgan fingerprint density at radius 1 is 1.09 bits per heavy atom. The van der Waals surface area contributed by atoms with Gasteiger partial charge in [0.2, 0.25) is 0 Å². The molecule has 0 spiro atoms. The molecule has 0 amide bonds. The minimum absolute atomic E-state index is 0.322. The first kappa shape index (κ1) is 13.0. The minimum atomic E-state index is -0.425. The zero-order valence-electron chi connectivity index (χ0n) is 11.7. The van der Waals surface area contributed by atoms with E-state index in [1.165, 1.54) is 0 Å². The summed E-state index contributed by atoms with van der Waals surface area (Å²) in [6.07, 6.45) is 1.85. The number of fused-ring (bicyclic) bond motifs is 1. The molecule has 0 saturated heterocycles. The molecule has 5 heteroatoms. The highest BCUT2D eigenvalue weighted by atomic mass is 32.1. The zero-order valence-corrected chi connectivity index (χ0v) is 12.5. The van der Waals surface area contributed by atoms with Crippen LogP contribution in [0.4, 0.5) is 0 Å². The molecule has 108 valence electrons. The third-order valence-corrected chi connectivity index (χ3v) is 4.28. The van der Waals surface area contributed by atoms with Gasteiger partial charge < -0.3 is 9.47 Å². The maximum absolute atomic E-state index is 12.0. The number of ether oxygens (including phenoxy) is 2. The van der Waals surface area contributed by atoms with Gasteiger partial charge >= 0.3 is 5.97 Å². The first-order chi connectivity index (χ1) is 10.7. The molecule has 0 saturated carbocycles.